The van der Waals surface area contributed by atoms with Crippen LogP contribution in [0.1, 0.15) is 35.7 Å². The van der Waals surface area contributed by atoms with Gasteiger partial charge in [0.1, 0.15) is 11.5 Å². The van der Waals surface area contributed by atoms with Gasteiger partial charge in [-0.2, -0.15) is 0 Å². The Morgan fingerprint density at radius 2 is 1.79 bits per heavy atom. The van der Waals surface area contributed by atoms with E-state index in [0.717, 1.165) is 5.56 Å². The van der Waals surface area contributed by atoms with E-state index in [4.69, 9.17) is 4.74 Å². The topological polar surface area (TPSA) is 46.5 Å². The van der Waals surface area contributed by atoms with Gasteiger partial charge in [0, 0.05) is 6.07 Å². The monoisotopic (exact) mass is 256 g/mol. The second kappa shape index (κ2) is 5.57. The first-order valence-electron chi connectivity index (χ1n) is 6.17. The molecule has 0 spiro atoms. The zero-order valence-corrected chi connectivity index (χ0v) is 11.0. The third-order valence-corrected chi connectivity index (χ3v) is 2.80. The summed E-state index contributed by atoms with van der Waals surface area (Å²) in [5.41, 5.74) is 1.41. The Hall–Kier alpha value is -2.29. The van der Waals surface area contributed by atoms with Crippen LogP contribution in [0.25, 0.3) is 0 Å². The molecule has 0 heterocycles. The minimum Gasteiger partial charge on any atom is -0.508 e. The standard InChI is InChI=1S/C16H16O3/c1-11(2)13-8-14(17)10-15(9-13)19-16(18)12-6-4-3-5-7-12/h3-11,17H,1-2H3. The minimum atomic E-state index is -0.430. The predicted octanol–water partition coefficient (Wildman–Crippen LogP) is 3.73. The highest BCUT2D eigenvalue weighted by Crippen LogP contribution is 2.27. The molecule has 0 atom stereocenters. The Morgan fingerprint density at radius 1 is 1.11 bits per heavy atom. The van der Waals surface area contributed by atoms with Gasteiger partial charge in [-0.25, -0.2) is 4.79 Å². The minimum absolute atomic E-state index is 0.0991. The number of hydrogen-bond donors (Lipinski definition) is 1. The molecule has 0 aliphatic rings. The highest BCUT2D eigenvalue weighted by molar-refractivity contribution is 5.91. The summed E-state index contributed by atoms with van der Waals surface area (Å²) in [6.45, 7) is 4.02. The Bertz CT molecular complexity index is 574. The summed E-state index contributed by atoms with van der Waals surface area (Å²) in [6, 6.07) is 13.6. The van der Waals surface area contributed by atoms with Gasteiger partial charge in [-0.3, -0.25) is 0 Å². The average Bonchev–Trinajstić information content (AvgIpc) is 2.39. The van der Waals surface area contributed by atoms with Crippen LogP contribution in [-0.2, 0) is 0 Å². The zero-order chi connectivity index (χ0) is 13.8. The van der Waals surface area contributed by atoms with Gasteiger partial charge in [-0.1, -0.05) is 32.0 Å². The molecule has 0 amide bonds. The lowest BCUT2D eigenvalue weighted by molar-refractivity contribution is 0.0734. The smallest absolute Gasteiger partial charge is 0.343 e. The van der Waals surface area contributed by atoms with Crippen molar-refractivity contribution in [2.75, 3.05) is 0 Å². The molecule has 0 aliphatic heterocycles. The molecule has 0 bridgehead atoms. The van der Waals surface area contributed by atoms with E-state index in [1.165, 1.54) is 6.07 Å². The van der Waals surface area contributed by atoms with Gasteiger partial charge in [0.15, 0.2) is 0 Å². The molecule has 0 radical (unpaired) electrons. The van der Waals surface area contributed by atoms with E-state index in [9.17, 15) is 9.90 Å². The first kappa shape index (κ1) is 13.1. The number of benzene rings is 2. The summed E-state index contributed by atoms with van der Waals surface area (Å²) in [6.07, 6.45) is 0. The van der Waals surface area contributed by atoms with Gasteiger partial charge in [-0.05, 0) is 35.7 Å². The van der Waals surface area contributed by atoms with E-state index < -0.39 is 5.97 Å². The SMILES string of the molecule is CC(C)c1cc(O)cc(OC(=O)c2ccccc2)c1. The number of rotatable bonds is 3. The Balaban J connectivity index is 2.22. The van der Waals surface area contributed by atoms with Gasteiger partial charge in [0.05, 0.1) is 5.56 Å². The first-order chi connectivity index (χ1) is 9.06. The van der Waals surface area contributed by atoms with Crippen LogP contribution in [0.2, 0.25) is 0 Å². The lowest BCUT2D eigenvalue weighted by Gasteiger charge is -2.10. The molecule has 0 saturated carbocycles. The zero-order valence-electron chi connectivity index (χ0n) is 11.0. The van der Waals surface area contributed by atoms with Crippen LogP contribution in [0.4, 0.5) is 0 Å². The average molecular weight is 256 g/mol. The Labute approximate surface area is 112 Å². The molecule has 2 rings (SSSR count). The molecule has 0 aromatic heterocycles. The van der Waals surface area contributed by atoms with Gasteiger partial charge >= 0.3 is 5.97 Å². The molecule has 2 aromatic rings. The maximum Gasteiger partial charge on any atom is 0.343 e. The molecule has 0 fully saturated rings. The summed E-state index contributed by atoms with van der Waals surface area (Å²) in [5, 5.41) is 9.63. The fourth-order valence-electron chi connectivity index (χ4n) is 1.74. The number of ether oxygens (including phenoxy) is 1. The second-order valence-corrected chi connectivity index (χ2v) is 4.67. The van der Waals surface area contributed by atoms with Crippen molar-refractivity contribution in [1.82, 2.24) is 0 Å². The van der Waals surface area contributed by atoms with E-state index in [1.54, 1.807) is 36.4 Å². The number of phenols is 1. The normalized spacial score (nSPS) is 10.5. The maximum atomic E-state index is 11.9. The number of phenolic OH excluding ortho intramolecular Hbond substituents is 1. The fraction of sp³-hybridized carbons (Fsp3) is 0.188. The lowest BCUT2D eigenvalue weighted by Crippen LogP contribution is -2.08. The van der Waals surface area contributed by atoms with Crippen molar-refractivity contribution in [3.8, 4) is 11.5 Å². The molecule has 19 heavy (non-hydrogen) atoms. The number of carbonyl (C=O) groups is 1. The van der Waals surface area contributed by atoms with E-state index in [0.29, 0.717) is 11.3 Å². The molecule has 98 valence electrons. The van der Waals surface area contributed by atoms with Crippen LogP contribution < -0.4 is 4.74 Å². The van der Waals surface area contributed by atoms with E-state index in [-0.39, 0.29) is 11.7 Å². The summed E-state index contributed by atoms with van der Waals surface area (Å²) in [7, 11) is 0. The molecule has 0 saturated heterocycles. The first-order valence-corrected chi connectivity index (χ1v) is 6.17. The fourth-order valence-corrected chi connectivity index (χ4v) is 1.74. The molecule has 3 nitrogen and oxygen atoms in total. The van der Waals surface area contributed by atoms with E-state index in [2.05, 4.69) is 0 Å². The van der Waals surface area contributed by atoms with Crippen molar-refractivity contribution in [2.45, 2.75) is 19.8 Å². The van der Waals surface area contributed by atoms with Gasteiger partial charge in [0.2, 0.25) is 0 Å². The van der Waals surface area contributed by atoms with Crippen LogP contribution in [0.5, 0.6) is 11.5 Å². The summed E-state index contributed by atoms with van der Waals surface area (Å²) < 4.78 is 5.27. The van der Waals surface area contributed by atoms with Crippen LogP contribution in [0.15, 0.2) is 48.5 Å². The quantitative estimate of drug-likeness (QED) is 0.672. The predicted molar refractivity (Wildman–Crippen MR) is 73.6 cm³/mol. The largest absolute Gasteiger partial charge is 0.508 e. The lowest BCUT2D eigenvalue weighted by atomic mass is 10.0. The van der Waals surface area contributed by atoms with Crippen molar-refractivity contribution in [2.24, 2.45) is 0 Å². The number of esters is 1. The molecular weight excluding hydrogens is 240 g/mol. The molecule has 3 heteroatoms. The summed E-state index contributed by atoms with van der Waals surface area (Å²) in [4.78, 5) is 11.9. The van der Waals surface area contributed by atoms with Crippen molar-refractivity contribution in [1.29, 1.82) is 0 Å². The second-order valence-electron chi connectivity index (χ2n) is 4.67. The van der Waals surface area contributed by atoms with Crippen molar-refractivity contribution < 1.29 is 14.6 Å². The summed E-state index contributed by atoms with van der Waals surface area (Å²) in [5.74, 6) is 0.279. The Kier molecular flexibility index (Phi) is 3.85. The summed E-state index contributed by atoms with van der Waals surface area (Å²) >= 11 is 0. The van der Waals surface area contributed by atoms with Gasteiger partial charge in [-0.15, -0.1) is 0 Å². The number of carbonyl (C=O) groups excluding carboxylic acids is 1. The Morgan fingerprint density at radius 3 is 2.42 bits per heavy atom. The highest BCUT2D eigenvalue weighted by Gasteiger charge is 2.10. The van der Waals surface area contributed by atoms with Gasteiger partial charge < -0.3 is 9.84 Å². The van der Waals surface area contributed by atoms with Gasteiger partial charge in [0.25, 0.3) is 0 Å². The van der Waals surface area contributed by atoms with Crippen LogP contribution in [-0.4, -0.2) is 11.1 Å². The third-order valence-electron chi connectivity index (χ3n) is 2.80. The van der Waals surface area contributed by atoms with Crippen molar-refractivity contribution >= 4 is 5.97 Å². The highest BCUT2D eigenvalue weighted by atomic mass is 16.5. The molecule has 2 aromatic carbocycles. The number of hydrogen-bond acceptors (Lipinski definition) is 3. The maximum absolute atomic E-state index is 11.9. The molecular formula is C16H16O3. The number of aromatic hydroxyl groups is 1. The van der Waals surface area contributed by atoms with Crippen LogP contribution >= 0.6 is 0 Å². The van der Waals surface area contributed by atoms with Crippen molar-refractivity contribution in [3.05, 3.63) is 59.7 Å². The third kappa shape index (κ3) is 3.35. The molecule has 0 unspecified atom stereocenters. The van der Waals surface area contributed by atoms with Crippen LogP contribution in [0, 0.1) is 0 Å². The van der Waals surface area contributed by atoms with Crippen LogP contribution in [0.3, 0.4) is 0 Å². The molecule has 0 aliphatic carbocycles. The van der Waals surface area contributed by atoms with E-state index >= 15 is 0 Å². The van der Waals surface area contributed by atoms with E-state index in [1.807, 2.05) is 19.9 Å². The molecule has 1 N–H and O–H groups in total. The van der Waals surface area contributed by atoms with Crippen molar-refractivity contribution in [3.63, 3.8) is 0 Å².